The minimum absolute atomic E-state index is 0.126. The highest BCUT2D eigenvalue weighted by Crippen LogP contribution is 2.44. The van der Waals surface area contributed by atoms with Crippen LogP contribution in [0.1, 0.15) is 13.3 Å². The number of carbonyl (C=O) groups is 1. The van der Waals surface area contributed by atoms with Crippen molar-refractivity contribution in [3.63, 3.8) is 0 Å². The van der Waals surface area contributed by atoms with Crippen LogP contribution in [0.4, 0.5) is 0 Å². The monoisotopic (exact) mass is 177 g/mol. The number of hydrogen-bond donors (Lipinski definition) is 0. The summed E-state index contributed by atoms with van der Waals surface area (Å²) in [6, 6.07) is 2.22. The van der Waals surface area contributed by atoms with Crippen molar-refractivity contribution < 1.29 is 9.53 Å². The Bertz CT molecular complexity index is 303. The van der Waals surface area contributed by atoms with Crippen LogP contribution in [0, 0.1) is 29.1 Å². The Balaban J connectivity index is 2.15. The quantitative estimate of drug-likeness (QED) is 0.447. The minimum atomic E-state index is -0.286. The molecule has 0 saturated heterocycles. The third kappa shape index (κ3) is 1.23. The first kappa shape index (κ1) is 8.31. The molecule has 4 unspecified atom stereocenters. The molecule has 4 atom stereocenters. The van der Waals surface area contributed by atoms with E-state index in [0.717, 1.165) is 6.42 Å². The molecule has 0 aromatic rings. The summed E-state index contributed by atoms with van der Waals surface area (Å²) in [5.41, 5.74) is 0. The second-order valence-corrected chi connectivity index (χ2v) is 3.68. The lowest BCUT2D eigenvalue weighted by Crippen LogP contribution is -2.28. The first-order chi connectivity index (χ1) is 6.22. The molecule has 0 N–H and O–H groups in total. The summed E-state index contributed by atoms with van der Waals surface area (Å²) < 4.78 is 5.14. The standard InChI is InChI=1S/C10H11NO2/c1-6(12)13-10-8-3-2-7(4-8)9(10)5-11/h2-3,7-10H,4H2,1H3. The van der Waals surface area contributed by atoms with Crippen molar-refractivity contribution in [1.29, 1.82) is 5.26 Å². The van der Waals surface area contributed by atoms with Gasteiger partial charge in [0.2, 0.25) is 0 Å². The summed E-state index contributed by atoms with van der Waals surface area (Å²) in [5.74, 6) is 0.169. The molecule has 2 aliphatic carbocycles. The summed E-state index contributed by atoms with van der Waals surface area (Å²) >= 11 is 0. The lowest BCUT2D eigenvalue weighted by Gasteiger charge is -2.21. The van der Waals surface area contributed by atoms with Gasteiger partial charge in [-0.2, -0.15) is 5.26 Å². The number of nitrogens with zero attached hydrogens (tertiary/aromatic N) is 1. The second kappa shape index (κ2) is 2.88. The Kier molecular flexibility index (Phi) is 1.84. The van der Waals surface area contributed by atoms with Crippen LogP contribution < -0.4 is 0 Å². The molecule has 1 fully saturated rings. The van der Waals surface area contributed by atoms with Gasteiger partial charge in [0, 0.05) is 12.8 Å². The Morgan fingerprint density at radius 1 is 1.54 bits per heavy atom. The molecule has 68 valence electrons. The molecule has 0 heterocycles. The maximum Gasteiger partial charge on any atom is 0.302 e. The van der Waals surface area contributed by atoms with E-state index in [4.69, 9.17) is 10.00 Å². The van der Waals surface area contributed by atoms with Gasteiger partial charge >= 0.3 is 5.97 Å². The Labute approximate surface area is 77.0 Å². The van der Waals surface area contributed by atoms with E-state index in [2.05, 4.69) is 18.2 Å². The molecule has 0 radical (unpaired) electrons. The maximum atomic E-state index is 10.8. The predicted molar refractivity (Wildman–Crippen MR) is 45.4 cm³/mol. The van der Waals surface area contributed by atoms with E-state index in [9.17, 15) is 4.79 Å². The number of hydrogen-bond acceptors (Lipinski definition) is 3. The third-order valence-corrected chi connectivity index (χ3v) is 2.84. The summed E-state index contributed by atoms with van der Waals surface area (Å²) in [6.45, 7) is 1.39. The Morgan fingerprint density at radius 2 is 2.23 bits per heavy atom. The Hall–Kier alpha value is -1.30. The minimum Gasteiger partial charge on any atom is -0.461 e. The smallest absolute Gasteiger partial charge is 0.302 e. The zero-order valence-corrected chi connectivity index (χ0v) is 7.43. The van der Waals surface area contributed by atoms with E-state index in [-0.39, 0.29) is 23.9 Å². The van der Waals surface area contributed by atoms with E-state index >= 15 is 0 Å². The molecule has 3 nitrogen and oxygen atoms in total. The van der Waals surface area contributed by atoms with Crippen molar-refractivity contribution in [2.45, 2.75) is 19.4 Å². The van der Waals surface area contributed by atoms with Crippen LogP contribution in [-0.2, 0) is 9.53 Å². The lowest BCUT2D eigenvalue weighted by molar-refractivity contribution is -0.148. The van der Waals surface area contributed by atoms with Gasteiger partial charge in [0.05, 0.1) is 12.0 Å². The highest BCUT2D eigenvalue weighted by molar-refractivity contribution is 5.66. The van der Waals surface area contributed by atoms with Gasteiger partial charge in [0.1, 0.15) is 6.10 Å². The summed E-state index contributed by atoms with van der Waals surface area (Å²) in [5, 5.41) is 8.90. The molecule has 0 aromatic carbocycles. The molecule has 2 rings (SSSR count). The largest absolute Gasteiger partial charge is 0.461 e. The van der Waals surface area contributed by atoms with Gasteiger partial charge in [-0.15, -0.1) is 0 Å². The molecule has 3 heteroatoms. The van der Waals surface area contributed by atoms with E-state index in [1.165, 1.54) is 6.92 Å². The lowest BCUT2D eigenvalue weighted by atomic mass is 9.92. The first-order valence-corrected chi connectivity index (χ1v) is 4.47. The van der Waals surface area contributed by atoms with Crippen LogP contribution in [0.5, 0.6) is 0 Å². The highest BCUT2D eigenvalue weighted by atomic mass is 16.5. The Morgan fingerprint density at radius 3 is 2.85 bits per heavy atom. The van der Waals surface area contributed by atoms with Gasteiger partial charge < -0.3 is 4.74 Å². The molecular weight excluding hydrogens is 166 g/mol. The second-order valence-electron chi connectivity index (χ2n) is 3.68. The molecule has 0 aromatic heterocycles. The van der Waals surface area contributed by atoms with Crippen molar-refractivity contribution in [2.75, 3.05) is 0 Å². The van der Waals surface area contributed by atoms with E-state index in [1.54, 1.807) is 0 Å². The molecule has 13 heavy (non-hydrogen) atoms. The average molecular weight is 177 g/mol. The number of nitriles is 1. The van der Waals surface area contributed by atoms with Gasteiger partial charge in [-0.05, 0) is 12.3 Å². The van der Waals surface area contributed by atoms with Crippen LogP contribution in [-0.4, -0.2) is 12.1 Å². The van der Waals surface area contributed by atoms with Crippen LogP contribution in [0.2, 0.25) is 0 Å². The van der Waals surface area contributed by atoms with Gasteiger partial charge in [-0.1, -0.05) is 12.2 Å². The van der Waals surface area contributed by atoms with Crippen molar-refractivity contribution >= 4 is 5.97 Å². The third-order valence-electron chi connectivity index (χ3n) is 2.84. The van der Waals surface area contributed by atoms with Crippen molar-refractivity contribution in [3.05, 3.63) is 12.2 Å². The average Bonchev–Trinajstić information content (AvgIpc) is 2.62. The molecule has 1 saturated carbocycles. The summed E-state index contributed by atoms with van der Waals surface area (Å²) in [6.07, 6.45) is 4.90. The fraction of sp³-hybridized carbons (Fsp3) is 0.600. The number of ether oxygens (including phenoxy) is 1. The molecule has 0 aliphatic heterocycles. The fourth-order valence-corrected chi connectivity index (χ4v) is 2.30. The van der Waals surface area contributed by atoms with Crippen molar-refractivity contribution in [3.8, 4) is 6.07 Å². The zero-order chi connectivity index (χ0) is 9.42. The normalized spacial score (nSPS) is 40.3. The summed E-state index contributed by atoms with van der Waals surface area (Å²) in [7, 11) is 0. The highest BCUT2D eigenvalue weighted by Gasteiger charge is 2.46. The van der Waals surface area contributed by atoms with Gasteiger partial charge in [0.25, 0.3) is 0 Å². The van der Waals surface area contributed by atoms with Crippen LogP contribution in [0.25, 0.3) is 0 Å². The number of fused-ring (bicyclic) bond motifs is 2. The number of allylic oxidation sites excluding steroid dienone is 1. The predicted octanol–water partition coefficient (Wildman–Crippen LogP) is 1.26. The van der Waals surface area contributed by atoms with Gasteiger partial charge in [-0.25, -0.2) is 0 Å². The number of carbonyl (C=O) groups excluding carboxylic acids is 1. The van der Waals surface area contributed by atoms with Gasteiger partial charge in [0.15, 0.2) is 0 Å². The van der Waals surface area contributed by atoms with E-state index in [0.29, 0.717) is 5.92 Å². The first-order valence-electron chi connectivity index (χ1n) is 4.47. The molecular formula is C10H11NO2. The molecule has 2 bridgehead atoms. The number of rotatable bonds is 1. The molecule has 0 amide bonds. The van der Waals surface area contributed by atoms with Crippen LogP contribution in [0.15, 0.2) is 12.2 Å². The molecule has 0 spiro atoms. The summed E-state index contributed by atoms with van der Waals surface area (Å²) in [4.78, 5) is 10.8. The number of esters is 1. The van der Waals surface area contributed by atoms with Crippen molar-refractivity contribution in [1.82, 2.24) is 0 Å². The van der Waals surface area contributed by atoms with E-state index in [1.807, 2.05) is 0 Å². The maximum absolute atomic E-state index is 10.8. The van der Waals surface area contributed by atoms with Crippen LogP contribution in [0.3, 0.4) is 0 Å². The molecule has 2 aliphatic rings. The van der Waals surface area contributed by atoms with Gasteiger partial charge in [-0.3, -0.25) is 4.79 Å². The zero-order valence-electron chi connectivity index (χ0n) is 7.43. The SMILES string of the molecule is CC(=O)OC1C2C=CC(C2)C1C#N. The fourth-order valence-electron chi connectivity index (χ4n) is 2.30. The van der Waals surface area contributed by atoms with Crippen molar-refractivity contribution in [2.24, 2.45) is 17.8 Å². The topological polar surface area (TPSA) is 50.1 Å². The van der Waals surface area contributed by atoms with E-state index < -0.39 is 0 Å². The van der Waals surface area contributed by atoms with Crippen LogP contribution >= 0.6 is 0 Å².